The summed E-state index contributed by atoms with van der Waals surface area (Å²) in [5, 5.41) is 0. The molecule has 0 amide bonds. The maximum Gasteiger partial charge on any atom is 0.113 e. The summed E-state index contributed by atoms with van der Waals surface area (Å²) in [6.07, 6.45) is 0.0861. The molecule has 0 unspecified atom stereocenters. The Labute approximate surface area is 104 Å². The van der Waals surface area contributed by atoms with Gasteiger partial charge in [0.25, 0.3) is 0 Å². The molecule has 1 nitrogen and oxygen atoms in total. The normalized spacial score (nSPS) is 26.4. The second kappa shape index (κ2) is 5.63. The fraction of sp³-hybridized carbons (Fsp3) is 0.600. The Morgan fingerprint density at radius 1 is 1.24 bits per heavy atom. The molecule has 1 aromatic rings. The maximum absolute atomic E-state index is 13.7. The average molecular weight is 235 g/mol. The number of likely N-dealkylation sites (tertiary alicyclic amines) is 1. The van der Waals surface area contributed by atoms with E-state index in [4.69, 9.17) is 0 Å². The van der Waals surface area contributed by atoms with E-state index in [2.05, 4.69) is 30.9 Å². The molecule has 0 aliphatic carbocycles. The van der Waals surface area contributed by atoms with Crippen LogP contribution in [0.25, 0.3) is 0 Å². The average Bonchev–Trinajstić information content (AvgIpc) is 2.29. The van der Waals surface area contributed by atoms with Crippen LogP contribution in [0.3, 0.4) is 0 Å². The van der Waals surface area contributed by atoms with E-state index in [-0.39, 0.29) is 0 Å². The summed E-state index contributed by atoms with van der Waals surface area (Å²) in [5.41, 5.74) is 1.28. The van der Waals surface area contributed by atoms with Crippen molar-refractivity contribution in [2.24, 2.45) is 11.8 Å². The Morgan fingerprint density at radius 2 is 1.94 bits per heavy atom. The van der Waals surface area contributed by atoms with Crippen molar-refractivity contribution in [2.45, 2.75) is 33.0 Å². The third-order valence-electron chi connectivity index (χ3n) is 3.70. The van der Waals surface area contributed by atoms with Crippen molar-refractivity contribution in [1.82, 2.24) is 4.90 Å². The van der Waals surface area contributed by atoms with Crippen molar-refractivity contribution in [3.05, 3.63) is 35.9 Å². The summed E-state index contributed by atoms with van der Waals surface area (Å²) in [6.45, 7) is 6.91. The standard InChI is InChI=1S/C15H22FN/c1-12(2)14-8-15(16)11-17(10-14)9-13-6-4-3-5-7-13/h3-7,12,14-15H,8-11H2,1-2H3/t14-,15+/m1/s1. The first-order valence-electron chi connectivity index (χ1n) is 6.55. The highest BCUT2D eigenvalue weighted by Gasteiger charge is 2.28. The summed E-state index contributed by atoms with van der Waals surface area (Å²) in [5.74, 6) is 1.08. The van der Waals surface area contributed by atoms with Gasteiger partial charge in [-0.05, 0) is 23.8 Å². The van der Waals surface area contributed by atoms with Gasteiger partial charge < -0.3 is 0 Å². The maximum atomic E-state index is 13.7. The third kappa shape index (κ3) is 3.53. The minimum absolute atomic E-state index is 0.502. The Bertz CT molecular complexity index is 336. The van der Waals surface area contributed by atoms with Gasteiger partial charge in [-0.3, -0.25) is 4.90 Å². The van der Waals surface area contributed by atoms with Crippen molar-refractivity contribution >= 4 is 0 Å². The molecule has 1 heterocycles. The first-order valence-corrected chi connectivity index (χ1v) is 6.55. The van der Waals surface area contributed by atoms with Gasteiger partial charge in [0.1, 0.15) is 6.17 Å². The molecule has 2 atom stereocenters. The fourth-order valence-corrected chi connectivity index (χ4v) is 2.62. The predicted octanol–water partition coefficient (Wildman–Crippen LogP) is 3.50. The van der Waals surface area contributed by atoms with Crippen molar-refractivity contribution in [3.63, 3.8) is 0 Å². The summed E-state index contributed by atoms with van der Waals surface area (Å²) < 4.78 is 13.7. The lowest BCUT2D eigenvalue weighted by Gasteiger charge is -2.36. The van der Waals surface area contributed by atoms with E-state index < -0.39 is 6.17 Å². The first-order chi connectivity index (χ1) is 8.15. The second-order valence-corrected chi connectivity index (χ2v) is 5.52. The molecule has 0 bridgehead atoms. The molecule has 0 saturated carbocycles. The SMILES string of the molecule is CC(C)[C@@H]1C[C@H](F)CN(Cc2ccccc2)C1. The topological polar surface area (TPSA) is 3.24 Å². The van der Waals surface area contributed by atoms with E-state index in [1.54, 1.807) is 0 Å². The lowest BCUT2D eigenvalue weighted by Crippen LogP contribution is -2.42. The highest BCUT2D eigenvalue weighted by atomic mass is 19.1. The van der Waals surface area contributed by atoms with E-state index in [0.717, 1.165) is 19.5 Å². The second-order valence-electron chi connectivity index (χ2n) is 5.52. The number of piperidine rings is 1. The molecule has 1 aliphatic rings. The van der Waals surface area contributed by atoms with Crippen molar-refractivity contribution in [1.29, 1.82) is 0 Å². The smallest absolute Gasteiger partial charge is 0.113 e. The largest absolute Gasteiger partial charge is 0.296 e. The Hall–Kier alpha value is -0.890. The number of hydrogen-bond acceptors (Lipinski definition) is 1. The molecule has 17 heavy (non-hydrogen) atoms. The van der Waals surface area contributed by atoms with Crippen LogP contribution in [-0.4, -0.2) is 24.2 Å². The molecule has 1 saturated heterocycles. The monoisotopic (exact) mass is 235 g/mol. The molecular weight excluding hydrogens is 213 g/mol. The van der Waals surface area contributed by atoms with Crippen LogP contribution in [0.5, 0.6) is 0 Å². The van der Waals surface area contributed by atoms with E-state index in [1.807, 2.05) is 18.2 Å². The van der Waals surface area contributed by atoms with E-state index in [0.29, 0.717) is 18.4 Å². The van der Waals surface area contributed by atoms with Gasteiger partial charge in [-0.2, -0.15) is 0 Å². The molecule has 1 aliphatic heterocycles. The van der Waals surface area contributed by atoms with Gasteiger partial charge in [-0.15, -0.1) is 0 Å². The van der Waals surface area contributed by atoms with Gasteiger partial charge in [-0.25, -0.2) is 4.39 Å². The first kappa shape index (κ1) is 12.6. The highest BCUT2D eigenvalue weighted by molar-refractivity contribution is 5.14. The number of halogens is 1. The highest BCUT2D eigenvalue weighted by Crippen LogP contribution is 2.26. The van der Waals surface area contributed by atoms with Crippen LogP contribution < -0.4 is 0 Å². The summed E-state index contributed by atoms with van der Waals surface area (Å²) in [4.78, 5) is 2.26. The van der Waals surface area contributed by atoms with Crippen LogP contribution >= 0.6 is 0 Å². The zero-order chi connectivity index (χ0) is 12.3. The van der Waals surface area contributed by atoms with E-state index >= 15 is 0 Å². The van der Waals surface area contributed by atoms with Crippen molar-refractivity contribution in [3.8, 4) is 0 Å². The van der Waals surface area contributed by atoms with E-state index in [1.165, 1.54) is 5.56 Å². The molecule has 0 aromatic heterocycles. The molecule has 1 fully saturated rings. The Balaban J connectivity index is 1.96. The van der Waals surface area contributed by atoms with Crippen LogP contribution in [0.2, 0.25) is 0 Å². The van der Waals surface area contributed by atoms with Gasteiger partial charge in [0, 0.05) is 19.6 Å². The molecule has 0 N–H and O–H groups in total. The predicted molar refractivity (Wildman–Crippen MR) is 69.6 cm³/mol. The molecule has 0 spiro atoms. The van der Waals surface area contributed by atoms with Gasteiger partial charge in [0.2, 0.25) is 0 Å². The van der Waals surface area contributed by atoms with Crippen LogP contribution in [0.4, 0.5) is 4.39 Å². The molecule has 2 heteroatoms. The lowest BCUT2D eigenvalue weighted by atomic mass is 9.87. The number of rotatable bonds is 3. The minimum atomic E-state index is -0.653. The van der Waals surface area contributed by atoms with Crippen LogP contribution in [0.15, 0.2) is 30.3 Å². The lowest BCUT2D eigenvalue weighted by molar-refractivity contribution is 0.0713. The number of benzene rings is 1. The molecule has 94 valence electrons. The van der Waals surface area contributed by atoms with Gasteiger partial charge in [0.05, 0.1) is 0 Å². The van der Waals surface area contributed by atoms with Crippen LogP contribution in [-0.2, 0) is 6.54 Å². The number of nitrogens with zero attached hydrogens (tertiary/aromatic N) is 1. The summed E-state index contributed by atoms with van der Waals surface area (Å²) in [6, 6.07) is 10.4. The quantitative estimate of drug-likeness (QED) is 0.775. The molecule has 0 radical (unpaired) electrons. The fourth-order valence-electron chi connectivity index (χ4n) is 2.62. The number of hydrogen-bond donors (Lipinski definition) is 0. The van der Waals surface area contributed by atoms with Gasteiger partial charge in [0.15, 0.2) is 0 Å². The van der Waals surface area contributed by atoms with Crippen molar-refractivity contribution < 1.29 is 4.39 Å². The zero-order valence-corrected chi connectivity index (χ0v) is 10.8. The molecule has 2 rings (SSSR count). The summed E-state index contributed by atoms with van der Waals surface area (Å²) >= 11 is 0. The van der Waals surface area contributed by atoms with Crippen LogP contribution in [0, 0.1) is 11.8 Å². The minimum Gasteiger partial charge on any atom is -0.296 e. The van der Waals surface area contributed by atoms with Gasteiger partial charge in [-0.1, -0.05) is 44.2 Å². The Kier molecular flexibility index (Phi) is 4.16. The molecule has 1 aromatic carbocycles. The van der Waals surface area contributed by atoms with Crippen LogP contribution in [0.1, 0.15) is 25.8 Å². The van der Waals surface area contributed by atoms with Crippen molar-refractivity contribution in [2.75, 3.05) is 13.1 Å². The number of alkyl halides is 1. The van der Waals surface area contributed by atoms with Gasteiger partial charge >= 0.3 is 0 Å². The summed E-state index contributed by atoms with van der Waals surface area (Å²) in [7, 11) is 0. The Morgan fingerprint density at radius 3 is 2.59 bits per heavy atom. The molecular formula is C15H22FN. The van der Waals surface area contributed by atoms with E-state index in [9.17, 15) is 4.39 Å². The zero-order valence-electron chi connectivity index (χ0n) is 10.8. The third-order valence-corrected chi connectivity index (χ3v) is 3.70.